The minimum atomic E-state index is -0.184. The lowest BCUT2D eigenvalue weighted by Crippen LogP contribution is -2.34. The van der Waals surface area contributed by atoms with Gasteiger partial charge in [0.05, 0.1) is 0 Å². The van der Waals surface area contributed by atoms with Crippen LogP contribution < -0.4 is 5.32 Å². The summed E-state index contributed by atoms with van der Waals surface area (Å²) >= 11 is 0. The molecule has 0 aromatic carbocycles. The fraction of sp³-hybridized carbons (Fsp3) is 0.562. The van der Waals surface area contributed by atoms with Crippen LogP contribution in [0.25, 0.3) is 0 Å². The topological polar surface area (TPSA) is 62.3 Å². The minimum Gasteiger partial charge on any atom is -0.348 e. The molecule has 2 amide bonds. The minimum absolute atomic E-state index is 0.0580. The second-order valence-corrected chi connectivity index (χ2v) is 5.36. The van der Waals surface area contributed by atoms with Crippen LogP contribution in [0.4, 0.5) is 0 Å². The summed E-state index contributed by atoms with van der Waals surface area (Å²) < 4.78 is 0. The van der Waals surface area contributed by atoms with Crippen LogP contribution in [-0.2, 0) is 0 Å². The van der Waals surface area contributed by atoms with E-state index in [1.807, 2.05) is 13.8 Å². The van der Waals surface area contributed by atoms with Crippen molar-refractivity contribution < 1.29 is 9.59 Å². The van der Waals surface area contributed by atoms with Gasteiger partial charge in [0.25, 0.3) is 11.8 Å². The number of amides is 2. The molecule has 1 heterocycles. The van der Waals surface area contributed by atoms with Crippen LogP contribution in [0, 0.1) is 0 Å². The van der Waals surface area contributed by atoms with Crippen molar-refractivity contribution in [1.29, 1.82) is 0 Å². The molecule has 1 aliphatic rings. The van der Waals surface area contributed by atoms with Gasteiger partial charge in [-0.1, -0.05) is 12.8 Å². The summed E-state index contributed by atoms with van der Waals surface area (Å²) in [6.07, 6.45) is 5.92. The maximum atomic E-state index is 12.3. The van der Waals surface area contributed by atoms with E-state index in [-0.39, 0.29) is 17.9 Å². The summed E-state index contributed by atoms with van der Waals surface area (Å²) in [5.41, 5.74) is 0.838. The number of hydrogen-bond acceptors (Lipinski definition) is 3. The summed E-state index contributed by atoms with van der Waals surface area (Å²) in [5, 5.41) is 2.99. The number of nitrogens with zero attached hydrogens (tertiary/aromatic N) is 2. The first kappa shape index (κ1) is 15.5. The van der Waals surface area contributed by atoms with E-state index in [1.54, 1.807) is 17.0 Å². The quantitative estimate of drug-likeness (QED) is 0.904. The highest BCUT2D eigenvalue weighted by atomic mass is 16.2. The van der Waals surface area contributed by atoms with Gasteiger partial charge in [0, 0.05) is 30.9 Å². The highest BCUT2D eigenvalue weighted by Gasteiger charge is 2.20. The number of carbonyl (C=O) groups excluding carboxylic acids is 2. The van der Waals surface area contributed by atoms with E-state index in [0.717, 1.165) is 12.8 Å². The lowest BCUT2D eigenvalue weighted by Gasteiger charge is -2.18. The Morgan fingerprint density at radius 1 is 1.29 bits per heavy atom. The molecule has 1 N–H and O–H groups in total. The molecular formula is C16H23N3O2. The van der Waals surface area contributed by atoms with Crippen molar-refractivity contribution in [3.05, 3.63) is 29.6 Å². The van der Waals surface area contributed by atoms with Crippen LogP contribution in [0.3, 0.4) is 0 Å². The third-order valence-electron chi connectivity index (χ3n) is 3.98. The number of rotatable bonds is 5. The highest BCUT2D eigenvalue weighted by molar-refractivity contribution is 5.98. The van der Waals surface area contributed by atoms with Crippen LogP contribution in [-0.4, -0.2) is 40.8 Å². The third-order valence-corrected chi connectivity index (χ3v) is 3.98. The van der Waals surface area contributed by atoms with Crippen LogP contribution >= 0.6 is 0 Å². The Bertz CT molecular complexity index is 506. The van der Waals surface area contributed by atoms with Gasteiger partial charge in [0.1, 0.15) is 5.69 Å². The predicted octanol–water partition coefficient (Wildman–Crippen LogP) is 2.24. The van der Waals surface area contributed by atoms with E-state index in [2.05, 4.69) is 10.3 Å². The zero-order valence-electron chi connectivity index (χ0n) is 12.8. The maximum Gasteiger partial charge on any atom is 0.270 e. The van der Waals surface area contributed by atoms with Gasteiger partial charge in [0.2, 0.25) is 0 Å². The number of carbonyl (C=O) groups is 2. The zero-order valence-corrected chi connectivity index (χ0v) is 12.8. The Labute approximate surface area is 125 Å². The van der Waals surface area contributed by atoms with Gasteiger partial charge < -0.3 is 10.2 Å². The SMILES string of the molecule is CCN(CC)C(=O)c1ccnc(C(=O)NC2CCCC2)c1. The second kappa shape index (κ2) is 7.20. The predicted molar refractivity (Wildman–Crippen MR) is 81.2 cm³/mol. The summed E-state index contributed by atoms with van der Waals surface area (Å²) in [6, 6.07) is 3.50. The molecule has 1 aromatic heterocycles. The van der Waals surface area contributed by atoms with Crippen LogP contribution in [0.1, 0.15) is 60.4 Å². The average molecular weight is 289 g/mol. The lowest BCUT2D eigenvalue weighted by atomic mass is 10.1. The molecule has 2 rings (SSSR count). The molecule has 0 spiro atoms. The molecule has 114 valence electrons. The normalized spacial score (nSPS) is 15.0. The molecule has 0 saturated heterocycles. The molecule has 1 fully saturated rings. The summed E-state index contributed by atoms with van der Waals surface area (Å²) in [7, 11) is 0. The van der Waals surface area contributed by atoms with Crippen molar-refractivity contribution in [1.82, 2.24) is 15.2 Å². The molecule has 0 unspecified atom stereocenters. The van der Waals surface area contributed by atoms with E-state index in [9.17, 15) is 9.59 Å². The Morgan fingerprint density at radius 2 is 1.95 bits per heavy atom. The second-order valence-electron chi connectivity index (χ2n) is 5.36. The zero-order chi connectivity index (χ0) is 15.2. The highest BCUT2D eigenvalue weighted by Crippen LogP contribution is 2.18. The summed E-state index contributed by atoms with van der Waals surface area (Å²) in [4.78, 5) is 30.3. The Kier molecular flexibility index (Phi) is 5.31. The van der Waals surface area contributed by atoms with E-state index in [4.69, 9.17) is 0 Å². The molecule has 0 atom stereocenters. The molecule has 0 radical (unpaired) electrons. The summed E-state index contributed by atoms with van der Waals surface area (Å²) in [6.45, 7) is 5.19. The van der Waals surface area contributed by atoms with Gasteiger partial charge in [-0.2, -0.15) is 0 Å². The lowest BCUT2D eigenvalue weighted by molar-refractivity contribution is 0.0773. The van der Waals surface area contributed by atoms with Gasteiger partial charge in [-0.3, -0.25) is 14.6 Å². The smallest absolute Gasteiger partial charge is 0.270 e. The first-order chi connectivity index (χ1) is 10.2. The van der Waals surface area contributed by atoms with Crippen LogP contribution in [0.2, 0.25) is 0 Å². The molecule has 5 heteroatoms. The van der Waals surface area contributed by atoms with Gasteiger partial charge in [-0.25, -0.2) is 0 Å². The standard InChI is InChI=1S/C16H23N3O2/c1-3-19(4-2)16(21)12-9-10-17-14(11-12)15(20)18-13-7-5-6-8-13/h9-11,13H,3-8H2,1-2H3,(H,18,20). The van der Waals surface area contributed by atoms with Gasteiger partial charge in [-0.05, 0) is 38.8 Å². The van der Waals surface area contributed by atoms with E-state index in [0.29, 0.717) is 24.3 Å². The fourth-order valence-corrected chi connectivity index (χ4v) is 2.71. The Hall–Kier alpha value is -1.91. The molecule has 21 heavy (non-hydrogen) atoms. The van der Waals surface area contributed by atoms with Gasteiger partial charge in [-0.15, -0.1) is 0 Å². The summed E-state index contributed by atoms with van der Waals surface area (Å²) in [5.74, 6) is -0.242. The van der Waals surface area contributed by atoms with Crippen molar-refractivity contribution in [2.45, 2.75) is 45.6 Å². The van der Waals surface area contributed by atoms with Crippen molar-refractivity contribution in [3.8, 4) is 0 Å². The number of nitrogens with one attached hydrogen (secondary N) is 1. The van der Waals surface area contributed by atoms with Crippen molar-refractivity contribution in [2.75, 3.05) is 13.1 Å². The molecule has 0 aliphatic heterocycles. The Morgan fingerprint density at radius 3 is 2.57 bits per heavy atom. The largest absolute Gasteiger partial charge is 0.348 e. The van der Waals surface area contributed by atoms with E-state index in [1.165, 1.54) is 19.0 Å². The van der Waals surface area contributed by atoms with E-state index >= 15 is 0 Å². The fourth-order valence-electron chi connectivity index (χ4n) is 2.71. The van der Waals surface area contributed by atoms with Crippen LogP contribution in [0.5, 0.6) is 0 Å². The molecule has 1 aromatic rings. The molecule has 5 nitrogen and oxygen atoms in total. The van der Waals surface area contributed by atoms with Crippen molar-refractivity contribution >= 4 is 11.8 Å². The number of aromatic nitrogens is 1. The molecular weight excluding hydrogens is 266 g/mol. The first-order valence-electron chi connectivity index (χ1n) is 7.71. The number of hydrogen-bond donors (Lipinski definition) is 1. The first-order valence-corrected chi connectivity index (χ1v) is 7.71. The Balaban J connectivity index is 2.09. The van der Waals surface area contributed by atoms with E-state index < -0.39 is 0 Å². The average Bonchev–Trinajstić information content (AvgIpc) is 3.01. The van der Waals surface area contributed by atoms with Crippen LogP contribution in [0.15, 0.2) is 18.3 Å². The van der Waals surface area contributed by atoms with Gasteiger partial charge >= 0.3 is 0 Å². The van der Waals surface area contributed by atoms with Gasteiger partial charge in [0.15, 0.2) is 0 Å². The molecule has 0 bridgehead atoms. The monoisotopic (exact) mass is 289 g/mol. The van der Waals surface area contributed by atoms with Crippen molar-refractivity contribution in [2.24, 2.45) is 0 Å². The molecule has 1 saturated carbocycles. The van der Waals surface area contributed by atoms with Crippen molar-refractivity contribution in [3.63, 3.8) is 0 Å². The number of pyridine rings is 1. The molecule has 1 aliphatic carbocycles. The maximum absolute atomic E-state index is 12.3. The third kappa shape index (κ3) is 3.80.